The van der Waals surface area contributed by atoms with Gasteiger partial charge in [0.05, 0.1) is 12.1 Å². The molecule has 0 bridgehead atoms. The minimum absolute atomic E-state index is 0.319. The number of pyridine rings is 1. The van der Waals surface area contributed by atoms with Crippen molar-refractivity contribution in [2.45, 2.75) is 19.4 Å². The molecule has 1 unspecified atom stereocenters. The maximum absolute atomic E-state index is 13.3. The zero-order chi connectivity index (χ0) is 24.5. The second-order valence-corrected chi connectivity index (χ2v) is 9.07. The number of nitrogens with zero attached hydrogens (tertiary/aromatic N) is 1. The molecule has 7 heteroatoms. The molecule has 5 nitrogen and oxygen atoms in total. The number of carbonyl (C=O) groups is 2. The van der Waals surface area contributed by atoms with Crippen LogP contribution in [0.3, 0.4) is 0 Å². The van der Waals surface area contributed by atoms with Crippen molar-refractivity contribution in [1.82, 2.24) is 10.3 Å². The normalized spacial score (nSPS) is 11.9. The number of amides is 1. The van der Waals surface area contributed by atoms with Gasteiger partial charge in [-0.3, -0.25) is 9.78 Å². The van der Waals surface area contributed by atoms with E-state index >= 15 is 0 Å². The molecular weight excluding hydrogens is 468 g/mol. The number of hydrogen-bond acceptors (Lipinski definition) is 5. The molecule has 3 rings (SSSR count). The molecule has 1 atom stereocenters. The summed E-state index contributed by atoms with van der Waals surface area (Å²) >= 11 is 7.85. The molecule has 0 spiro atoms. The van der Waals surface area contributed by atoms with Gasteiger partial charge >= 0.3 is 5.97 Å². The zero-order valence-corrected chi connectivity index (χ0v) is 21.0. The minimum atomic E-state index is -0.707. The average molecular weight is 495 g/mol. The third kappa shape index (κ3) is 6.49. The molecule has 0 aliphatic rings. The highest BCUT2D eigenvalue weighted by Crippen LogP contribution is 2.29. The van der Waals surface area contributed by atoms with E-state index in [2.05, 4.69) is 10.3 Å². The number of ether oxygens (including phenoxy) is 1. The van der Waals surface area contributed by atoms with E-state index in [1.54, 1.807) is 36.3 Å². The topological polar surface area (TPSA) is 68.3 Å². The molecule has 2 aromatic carbocycles. The van der Waals surface area contributed by atoms with Gasteiger partial charge in [0.25, 0.3) is 5.91 Å². The summed E-state index contributed by atoms with van der Waals surface area (Å²) in [5.74, 6) is -0.0425. The van der Waals surface area contributed by atoms with Crippen LogP contribution in [0, 0.1) is 6.92 Å². The Kier molecular flexibility index (Phi) is 9.31. The van der Waals surface area contributed by atoms with Gasteiger partial charge < -0.3 is 10.1 Å². The monoisotopic (exact) mass is 494 g/mol. The smallest absolute Gasteiger partial charge is 0.328 e. The van der Waals surface area contributed by atoms with Crippen molar-refractivity contribution in [2.24, 2.45) is 0 Å². The molecule has 0 aliphatic carbocycles. The first-order valence-corrected chi connectivity index (χ1v) is 12.6. The van der Waals surface area contributed by atoms with Crippen molar-refractivity contribution < 1.29 is 14.3 Å². The van der Waals surface area contributed by atoms with Gasteiger partial charge in [-0.25, -0.2) is 4.79 Å². The van der Waals surface area contributed by atoms with Gasteiger partial charge in [0, 0.05) is 23.5 Å². The standard InChI is InChI=1S/C27H27ClN2O3S/c1-18-6-4-5-7-21(18)23-16-19(8-10-20-17-29-14-12-24(20)28)9-11-22(23)26(31)30-25(13-15-34-3)27(32)33-2/h4-12,14,16-17,25H,13,15H2,1-3H3,(H,30,31)/b10-8+. The van der Waals surface area contributed by atoms with Crippen LogP contribution < -0.4 is 5.32 Å². The molecule has 1 N–H and O–H groups in total. The van der Waals surface area contributed by atoms with E-state index < -0.39 is 12.0 Å². The molecular formula is C27H27ClN2O3S. The molecule has 0 radical (unpaired) electrons. The molecule has 3 aromatic rings. The fraction of sp³-hybridized carbons (Fsp3) is 0.222. The zero-order valence-electron chi connectivity index (χ0n) is 19.4. The summed E-state index contributed by atoms with van der Waals surface area (Å²) < 4.78 is 4.89. The SMILES string of the molecule is COC(=O)C(CCSC)NC(=O)c1ccc(/C=C/c2cnccc2Cl)cc1-c1ccccc1C. The molecule has 1 aromatic heterocycles. The second kappa shape index (κ2) is 12.4. The summed E-state index contributed by atoms with van der Waals surface area (Å²) in [6.07, 6.45) is 9.61. The lowest BCUT2D eigenvalue weighted by molar-refractivity contribution is -0.142. The summed E-state index contributed by atoms with van der Waals surface area (Å²) in [4.78, 5) is 29.6. The number of halogens is 1. The number of benzene rings is 2. The van der Waals surface area contributed by atoms with Crippen LogP contribution in [0.2, 0.25) is 5.02 Å². The lowest BCUT2D eigenvalue weighted by atomic mass is 9.93. The van der Waals surface area contributed by atoms with Gasteiger partial charge in [0.1, 0.15) is 6.04 Å². The first kappa shape index (κ1) is 25.5. The highest BCUT2D eigenvalue weighted by molar-refractivity contribution is 7.98. The van der Waals surface area contributed by atoms with Crippen LogP contribution in [-0.2, 0) is 9.53 Å². The van der Waals surface area contributed by atoms with Crippen molar-refractivity contribution in [3.05, 3.63) is 88.2 Å². The van der Waals surface area contributed by atoms with Crippen molar-refractivity contribution in [3.63, 3.8) is 0 Å². The van der Waals surface area contributed by atoms with Gasteiger partial charge in [-0.1, -0.05) is 54.1 Å². The van der Waals surface area contributed by atoms with Crippen LogP contribution in [0.1, 0.15) is 33.5 Å². The van der Waals surface area contributed by atoms with Crippen molar-refractivity contribution in [1.29, 1.82) is 0 Å². The van der Waals surface area contributed by atoms with E-state index in [9.17, 15) is 9.59 Å². The van der Waals surface area contributed by atoms with Crippen molar-refractivity contribution >= 4 is 47.4 Å². The number of hydrogen-bond donors (Lipinski definition) is 1. The molecule has 1 heterocycles. The Morgan fingerprint density at radius 3 is 2.65 bits per heavy atom. The number of carbonyl (C=O) groups excluding carboxylic acids is 2. The van der Waals surface area contributed by atoms with E-state index in [-0.39, 0.29) is 5.91 Å². The summed E-state index contributed by atoms with van der Waals surface area (Å²) in [5, 5.41) is 3.47. The first-order chi connectivity index (χ1) is 16.4. The molecule has 34 heavy (non-hydrogen) atoms. The van der Waals surface area contributed by atoms with Gasteiger partial charge in [-0.2, -0.15) is 11.8 Å². The third-order valence-corrected chi connectivity index (χ3v) is 6.36. The maximum atomic E-state index is 13.3. The fourth-order valence-electron chi connectivity index (χ4n) is 3.52. The van der Waals surface area contributed by atoms with Gasteiger partial charge in [-0.15, -0.1) is 0 Å². The molecule has 1 amide bonds. The summed E-state index contributed by atoms with van der Waals surface area (Å²) in [7, 11) is 1.33. The fourth-order valence-corrected chi connectivity index (χ4v) is 4.16. The molecule has 0 saturated heterocycles. The molecule has 0 fully saturated rings. The Hall–Kier alpha value is -3.09. The largest absolute Gasteiger partial charge is 0.467 e. The van der Waals surface area contributed by atoms with Crippen LogP contribution >= 0.6 is 23.4 Å². The lowest BCUT2D eigenvalue weighted by Crippen LogP contribution is -2.42. The predicted octanol–water partition coefficient (Wildman–Crippen LogP) is 5.91. The Labute approximate surface area is 209 Å². The van der Waals surface area contributed by atoms with Gasteiger partial charge in [-0.05, 0) is 65.8 Å². The van der Waals surface area contributed by atoms with Crippen LogP contribution in [0.15, 0.2) is 60.9 Å². The van der Waals surface area contributed by atoms with Crippen LogP contribution in [0.5, 0.6) is 0 Å². The number of rotatable bonds is 9. The highest BCUT2D eigenvalue weighted by Gasteiger charge is 2.23. The van der Waals surface area contributed by atoms with Crippen LogP contribution in [0.25, 0.3) is 23.3 Å². The first-order valence-electron chi connectivity index (χ1n) is 10.8. The van der Waals surface area contributed by atoms with E-state index in [4.69, 9.17) is 16.3 Å². The Bertz CT molecular complexity index is 1200. The lowest BCUT2D eigenvalue weighted by Gasteiger charge is -2.18. The van der Waals surface area contributed by atoms with Crippen molar-refractivity contribution in [2.75, 3.05) is 19.1 Å². The molecule has 0 saturated carbocycles. The molecule has 176 valence electrons. The van der Waals surface area contributed by atoms with Gasteiger partial charge in [0.2, 0.25) is 0 Å². The summed E-state index contributed by atoms with van der Waals surface area (Å²) in [6.45, 7) is 2.00. The number of aromatic nitrogens is 1. The predicted molar refractivity (Wildman–Crippen MR) is 141 cm³/mol. The Morgan fingerprint density at radius 2 is 1.94 bits per heavy atom. The van der Waals surface area contributed by atoms with Crippen molar-refractivity contribution in [3.8, 4) is 11.1 Å². The van der Waals surface area contributed by atoms with E-state index in [1.807, 2.05) is 61.7 Å². The van der Waals surface area contributed by atoms with Crippen LogP contribution in [-0.4, -0.2) is 42.0 Å². The van der Waals surface area contributed by atoms with Crippen LogP contribution in [0.4, 0.5) is 0 Å². The third-order valence-electron chi connectivity index (χ3n) is 5.38. The molecule has 0 aliphatic heterocycles. The maximum Gasteiger partial charge on any atom is 0.328 e. The highest BCUT2D eigenvalue weighted by atomic mass is 35.5. The van der Waals surface area contributed by atoms with E-state index in [0.717, 1.165) is 33.6 Å². The average Bonchev–Trinajstić information content (AvgIpc) is 2.85. The summed E-state index contributed by atoms with van der Waals surface area (Å²) in [5.41, 5.74) is 4.97. The number of thioether (sulfide) groups is 1. The Morgan fingerprint density at radius 1 is 1.15 bits per heavy atom. The van der Waals surface area contributed by atoms with Gasteiger partial charge in [0.15, 0.2) is 0 Å². The number of aryl methyl sites for hydroxylation is 1. The quantitative estimate of drug-likeness (QED) is 0.375. The van der Waals surface area contributed by atoms with E-state index in [1.165, 1.54) is 7.11 Å². The minimum Gasteiger partial charge on any atom is -0.467 e. The second-order valence-electron chi connectivity index (χ2n) is 7.68. The summed E-state index contributed by atoms with van der Waals surface area (Å²) in [6, 6.07) is 14.5. The number of methoxy groups -OCH3 is 1. The van der Waals surface area contributed by atoms with E-state index in [0.29, 0.717) is 17.0 Å². The number of nitrogens with one attached hydrogen (secondary N) is 1. The Balaban J connectivity index is 1.99. The number of esters is 1.